The molecule has 0 unspecified atom stereocenters. The van der Waals surface area contributed by atoms with Crippen LogP contribution in [0.25, 0.3) is 0 Å². The first kappa shape index (κ1) is 28.5. The largest absolute Gasteiger partial charge is 0.493 e. The van der Waals surface area contributed by atoms with Crippen LogP contribution in [-0.2, 0) is 11.4 Å². The number of nitrogens with zero attached hydrogens (tertiary/aromatic N) is 1. The van der Waals surface area contributed by atoms with Crippen molar-refractivity contribution in [2.75, 3.05) is 19.0 Å². The number of hydrazone groups is 1. The molecule has 0 aromatic heterocycles. The lowest BCUT2D eigenvalue weighted by Crippen LogP contribution is -2.20. The summed E-state index contributed by atoms with van der Waals surface area (Å²) in [5.74, 6) is 0.744. The number of carbonyl (C=O) groups excluding carboxylic acids is 2. The molecule has 0 bridgehead atoms. The lowest BCUT2D eigenvalue weighted by molar-refractivity contribution is -0.118. The lowest BCUT2D eigenvalue weighted by atomic mass is 10.2. The maximum Gasteiger partial charge on any atom is 0.271 e. The number of amides is 2. The summed E-state index contributed by atoms with van der Waals surface area (Å²) in [4.78, 5) is 24.7. The van der Waals surface area contributed by atoms with Crippen molar-refractivity contribution in [1.29, 1.82) is 0 Å². The van der Waals surface area contributed by atoms with E-state index >= 15 is 0 Å². The van der Waals surface area contributed by atoms with Crippen LogP contribution in [0.1, 0.15) is 21.5 Å². The summed E-state index contributed by atoms with van der Waals surface area (Å²) in [7, 11) is 1.55. The molecule has 0 atom stereocenters. The summed E-state index contributed by atoms with van der Waals surface area (Å²) in [6.45, 7) is 0.150. The Morgan fingerprint density at radius 1 is 0.850 bits per heavy atom. The number of para-hydroxylation sites is 1. The Hall–Kier alpha value is -4.53. The number of nitrogens with one attached hydrogen (secondary N) is 2. The van der Waals surface area contributed by atoms with Crippen molar-refractivity contribution in [3.8, 4) is 17.2 Å². The highest BCUT2D eigenvalue weighted by molar-refractivity contribution is 6.32. The van der Waals surface area contributed by atoms with Crippen molar-refractivity contribution in [3.05, 3.63) is 118 Å². The number of halogens is 2. The van der Waals surface area contributed by atoms with Crippen molar-refractivity contribution in [3.63, 3.8) is 0 Å². The molecule has 0 saturated carbocycles. The molecule has 4 aromatic carbocycles. The number of ether oxygens (including phenoxy) is 3. The van der Waals surface area contributed by atoms with Crippen molar-refractivity contribution in [1.82, 2.24) is 5.43 Å². The molecular formula is C30H25Cl2N3O5. The highest BCUT2D eigenvalue weighted by Crippen LogP contribution is 2.28. The molecule has 0 radical (unpaired) electrons. The second-order valence-corrected chi connectivity index (χ2v) is 9.21. The Morgan fingerprint density at radius 2 is 1.60 bits per heavy atom. The average Bonchev–Trinajstić information content (AvgIpc) is 2.97. The van der Waals surface area contributed by atoms with Crippen LogP contribution in [0.2, 0.25) is 10.0 Å². The lowest BCUT2D eigenvalue weighted by Gasteiger charge is -2.11. The van der Waals surface area contributed by atoms with Crippen LogP contribution < -0.4 is 25.0 Å². The zero-order valence-electron chi connectivity index (χ0n) is 21.4. The van der Waals surface area contributed by atoms with Crippen molar-refractivity contribution in [2.24, 2.45) is 5.10 Å². The second kappa shape index (κ2) is 14.0. The zero-order chi connectivity index (χ0) is 28.3. The Morgan fingerprint density at radius 3 is 2.33 bits per heavy atom. The quantitative estimate of drug-likeness (QED) is 0.159. The normalized spacial score (nSPS) is 10.7. The number of rotatable bonds is 11. The molecule has 0 spiro atoms. The van der Waals surface area contributed by atoms with Crippen LogP contribution in [0.15, 0.2) is 96.1 Å². The Bertz CT molecular complexity index is 1490. The van der Waals surface area contributed by atoms with Gasteiger partial charge in [0, 0.05) is 16.3 Å². The van der Waals surface area contributed by atoms with Gasteiger partial charge in [0.2, 0.25) is 0 Å². The van der Waals surface area contributed by atoms with Crippen LogP contribution in [0.4, 0.5) is 5.69 Å². The van der Waals surface area contributed by atoms with Crippen molar-refractivity contribution < 1.29 is 23.8 Å². The number of methoxy groups -OCH3 is 1. The van der Waals surface area contributed by atoms with E-state index in [1.807, 2.05) is 12.1 Å². The van der Waals surface area contributed by atoms with Crippen LogP contribution in [0.5, 0.6) is 17.2 Å². The monoisotopic (exact) mass is 577 g/mol. The summed E-state index contributed by atoms with van der Waals surface area (Å²) < 4.78 is 16.7. The molecule has 8 nitrogen and oxygen atoms in total. The van der Waals surface area contributed by atoms with Gasteiger partial charge in [0.05, 0.1) is 18.3 Å². The molecule has 204 valence electrons. The van der Waals surface area contributed by atoms with Crippen molar-refractivity contribution in [2.45, 2.75) is 6.61 Å². The molecule has 0 aliphatic rings. The first-order valence-electron chi connectivity index (χ1n) is 12.1. The first-order chi connectivity index (χ1) is 19.4. The summed E-state index contributed by atoms with van der Waals surface area (Å²) in [5.41, 5.74) is 5.03. The molecule has 0 aliphatic carbocycles. The third-order valence-corrected chi connectivity index (χ3v) is 6.07. The Kier molecular flexibility index (Phi) is 9.99. The molecule has 40 heavy (non-hydrogen) atoms. The van der Waals surface area contributed by atoms with Gasteiger partial charge in [0.25, 0.3) is 11.8 Å². The molecular weight excluding hydrogens is 553 g/mol. The van der Waals surface area contributed by atoms with E-state index in [-0.39, 0.29) is 12.5 Å². The number of hydrogen-bond donors (Lipinski definition) is 2. The van der Waals surface area contributed by atoms with Gasteiger partial charge in [-0.05, 0) is 77.9 Å². The molecule has 0 heterocycles. The number of carbonyl (C=O) groups is 2. The fourth-order valence-corrected chi connectivity index (χ4v) is 3.78. The van der Waals surface area contributed by atoms with Gasteiger partial charge in [-0.1, -0.05) is 47.5 Å². The molecule has 10 heteroatoms. The fourth-order valence-electron chi connectivity index (χ4n) is 3.46. The van der Waals surface area contributed by atoms with E-state index in [4.69, 9.17) is 37.4 Å². The van der Waals surface area contributed by atoms with E-state index in [9.17, 15) is 9.59 Å². The fraction of sp³-hybridized carbons (Fsp3) is 0.100. The summed E-state index contributed by atoms with van der Waals surface area (Å²) >= 11 is 11.9. The van der Waals surface area contributed by atoms with Crippen LogP contribution >= 0.6 is 23.2 Å². The predicted octanol–water partition coefficient (Wildman–Crippen LogP) is 6.36. The highest BCUT2D eigenvalue weighted by Gasteiger charge is 2.09. The van der Waals surface area contributed by atoms with Gasteiger partial charge in [-0.3, -0.25) is 9.59 Å². The maximum atomic E-state index is 12.5. The van der Waals surface area contributed by atoms with Crippen LogP contribution in [0.3, 0.4) is 0 Å². The second-order valence-electron chi connectivity index (χ2n) is 8.37. The van der Waals surface area contributed by atoms with Gasteiger partial charge in [0.15, 0.2) is 18.1 Å². The van der Waals surface area contributed by atoms with E-state index in [0.717, 1.165) is 5.56 Å². The van der Waals surface area contributed by atoms with Gasteiger partial charge in [0.1, 0.15) is 12.4 Å². The standard InChI is InChI=1S/C30H25Cl2N3O5/c1-38-28-16-21(8-15-27(28)39-18-20-6-11-23(31)12-7-20)17-33-35-30(37)22-9-13-24(14-10-22)34-29(36)19-40-26-5-3-2-4-25(26)32/h2-17H,18-19H2,1H3,(H,34,36)(H,35,37)/b33-17-. The van der Waals surface area contributed by atoms with Gasteiger partial charge in [-0.25, -0.2) is 5.43 Å². The molecule has 4 aromatic rings. The SMILES string of the molecule is COc1cc(/C=N\NC(=O)c2ccc(NC(=O)COc3ccccc3Cl)cc2)ccc1OCc1ccc(Cl)cc1. The van der Waals surface area contributed by atoms with E-state index < -0.39 is 5.91 Å². The maximum absolute atomic E-state index is 12.5. The smallest absolute Gasteiger partial charge is 0.271 e. The minimum atomic E-state index is -0.411. The molecule has 0 saturated heterocycles. The van der Waals surface area contributed by atoms with Gasteiger partial charge in [-0.15, -0.1) is 0 Å². The highest BCUT2D eigenvalue weighted by atomic mass is 35.5. The van der Waals surface area contributed by atoms with Crippen LogP contribution in [0, 0.1) is 0 Å². The van der Waals surface area contributed by atoms with Crippen LogP contribution in [-0.4, -0.2) is 31.7 Å². The topological polar surface area (TPSA) is 98.2 Å². The molecule has 2 N–H and O–H groups in total. The summed E-state index contributed by atoms with van der Waals surface area (Å²) in [5, 5.41) is 7.81. The van der Waals surface area contributed by atoms with Gasteiger partial charge in [-0.2, -0.15) is 5.10 Å². The van der Waals surface area contributed by atoms with E-state index in [1.165, 1.54) is 6.21 Å². The predicted molar refractivity (Wildman–Crippen MR) is 156 cm³/mol. The zero-order valence-corrected chi connectivity index (χ0v) is 22.9. The van der Waals surface area contributed by atoms with Gasteiger partial charge >= 0.3 is 0 Å². The molecule has 0 aliphatic heterocycles. The number of anilines is 1. The third-order valence-electron chi connectivity index (χ3n) is 5.50. The first-order valence-corrected chi connectivity index (χ1v) is 12.8. The van der Waals surface area contributed by atoms with E-state index in [2.05, 4.69) is 15.8 Å². The van der Waals surface area contributed by atoms with E-state index in [1.54, 1.807) is 86.0 Å². The summed E-state index contributed by atoms with van der Waals surface area (Å²) in [6, 6.07) is 26.0. The van der Waals surface area contributed by atoms with E-state index in [0.29, 0.717) is 50.7 Å². The van der Waals surface area contributed by atoms with Gasteiger partial charge < -0.3 is 19.5 Å². The summed E-state index contributed by atoms with van der Waals surface area (Å²) in [6.07, 6.45) is 1.50. The number of benzene rings is 4. The average molecular weight is 578 g/mol. The number of hydrogen-bond acceptors (Lipinski definition) is 6. The third kappa shape index (κ3) is 8.23. The molecule has 2 amide bonds. The minimum absolute atomic E-state index is 0.207. The molecule has 0 fully saturated rings. The Labute approximate surface area is 241 Å². The minimum Gasteiger partial charge on any atom is -0.493 e. The Balaban J connectivity index is 1.26. The van der Waals surface area contributed by atoms with Crippen molar-refractivity contribution >= 4 is 46.9 Å². The molecule has 4 rings (SSSR count).